The van der Waals surface area contributed by atoms with E-state index in [1.165, 1.54) is 4.90 Å². The number of nitrogens with zero attached hydrogens (tertiary/aromatic N) is 3. The van der Waals surface area contributed by atoms with Crippen LogP contribution >= 0.6 is 0 Å². The molecule has 8 nitrogen and oxygen atoms in total. The quantitative estimate of drug-likeness (QED) is 0.699. The van der Waals surface area contributed by atoms with Crippen LogP contribution in [0.2, 0.25) is 0 Å². The second-order valence-corrected chi connectivity index (χ2v) is 7.26. The Hall–Kier alpha value is -2.74. The summed E-state index contributed by atoms with van der Waals surface area (Å²) in [6, 6.07) is 9.24. The van der Waals surface area contributed by atoms with Crippen molar-refractivity contribution < 1.29 is 19.2 Å². The lowest BCUT2D eigenvalue weighted by atomic mass is 10.1. The van der Waals surface area contributed by atoms with Crippen molar-refractivity contribution in [2.45, 2.75) is 38.3 Å². The summed E-state index contributed by atoms with van der Waals surface area (Å²) in [6.07, 6.45) is 1.34. The normalized spacial score (nSPS) is 21.1. The van der Waals surface area contributed by atoms with E-state index in [4.69, 9.17) is 5.73 Å². The van der Waals surface area contributed by atoms with Gasteiger partial charge in [-0.3, -0.25) is 29.0 Å². The summed E-state index contributed by atoms with van der Waals surface area (Å²) in [5, 5.41) is 0. The van der Waals surface area contributed by atoms with Gasteiger partial charge in [0.15, 0.2) is 0 Å². The maximum absolute atomic E-state index is 12.6. The Morgan fingerprint density at radius 1 is 1.04 bits per heavy atom. The number of carbonyl (C=O) groups is 4. The lowest BCUT2D eigenvalue weighted by Crippen LogP contribution is -2.59. The van der Waals surface area contributed by atoms with Crippen LogP contribution in [0, 0.1) is 0 Å². The van der Waals surface area contributed by atoms with E-state index in [9.17, 15) is 19.2 Å². The molecule has 2 aliphatic rings. The minimum atomic E-state index is -0.559. The number of hydrogen-bond donors (Lipinski definition) is 1. The van der Waals surface area contributed by atoms with Gasteiger partial charge in [0.05, 0.1) is 0 Å². The van der Waals surface area contributed by atoms with Crippen molar-refractivity contribution in [3.8, 4) is 0 Å². The number of benzene rings is 1. The van der Waals surface area contributed by atoms with Gasteiger partial charge in [-0.05, 0) is 12.0 Å². The molecule has 0 aliphatic carbocycles. The molecule has 0 bridgehead atoms. The zero-order valence-corrected chi connectivity index (χ0v) is 15.9. The first-order valence-electron chi connectivity index (χ1n) is 9.64. The number of carbonyl (C=O) groups excluding carboxylic acids is 4. The average molecular weight is 386 g/mol. The molecule has 1 aromatic rings. The highest BCUT2D eigenvalue weighted by molar-refractivity contribution is 5.97. The van der Waals surface area contributed by atoms with Crippen molar-refractivity contribution in [3.05, 3.63) is 35.9 Å². The molecule has 2 saturated heterocycles. The molecule has 2 aliphatic heterocycles. The smallest absolute Gasteiger partial charge is 0.236 e. The van der Waals surface area contributed by atoms with Gasteiger partial charge in [-0.25, -0.2) is 0 Å². The second-order valence-electron chi connectivity index (χ2n) is 7.26. The van der Waals surface area contributed by atoms with Gasteiger partial charge in [0.25, 0.3) is 0 Å². The molecule has 1 atom stereocenters. The summed E-state index contributed by atoms with van der Waals surface area (Å²) < 4.78 is 0. The van der Waals surface area contributed by atoms with E-state index in [0.29, 0.717) is 38.9 Å². The second kappa shape index (κ2) is 8.97. The van der Waals surface area contributed by atoms with Crippen LogP contribution in [0.15, 0.2) is 30.3 Å². The predicted octanol–water partition coefficient (Wildman–Crippen LogP) is 0.114. The predicted molar refractivity (Wildman–Crippen MR) is 102 cm³/mol. The first kappa shape index (κ1) is 20.0. The number of amides is 4. The zero-order chi connectivity index (χ0) is 20.1. The molecule has 8 heteroatoms. The van der Waals surface area contributed by atoms with Crippen molar-refractivity contribution in [2.75, 3.05) is 26.2 Å². The van der Waals surface area contributed by atoms with Crippen LogP contribution in [0.4, 0.5) is 0 Å². The van der Waals surface area contributed by atoms with Crippen LogP contribution in [-0.4, -0.2) is 70.5 Å². The SMILES string of the molecule is NC(=O)C1CN(C(=O)CCN2C(=O)CCCC2=O)CCN1Cc1ccccc1. The van der Waals surface area contributed by atoms with Gasteiger partial charge in [-0.2, -0.15) is 0 Å². The van der Waals surface area contributed by atoms with Crippen LogP contribution in [0.5, 0.6) is 0 Å². The highest BCUT2D eigenvalue weighted by Gasteiger charge is 2.33. The van der Waals surface area contributed by atoms with E-state index < -0.39 is 11.9 Å². The Labute approximate surface area is 164 Å². The summed E-state index contributed by atoms with van der Waals surface area (Å²) in [4.78, 5) is 53.1. The third-order valence-electron chi connectivity index (χ3n) is 5.33. The summed E-state index contributed by atoms with van der Waals surface area (Å²) in [6.45, 7) is 1.94. The Balaban J connectivity index is 1.57. The molecular weight excluding hydrogens is 360 g/mol. The van der Waals surface area contributed by atoms with Gasteiger partial charge in [-0.1, -0.05) is 30.3 Å². The highest BCUT2D eigenvalue weighted by atomic mass is 16.2. The number of piperazine rings is 1. The largest absolute Gasteiger partial charge is 0.368 e. The molecule has 2 fully saturated rings. The van der Waals surface area contributed by atoms with Crippen LogP contribution in [0.25, 0.3) is 0 Å². The molecule has 0 radical (unpaired) electrons. The van der Waals surface area contributed by atoms with E-state index in [1.54, 1.807) is 4.90 Å². The Bertz CT molecular complexity index is 736. The fourth-order valence-corrected chi connectivity index (χ4v) is 3.74. The third kappa shape index (κ3) is 4.75. The first-order chi connectivity index (χ1) is 13.5. The van der Waals surface area contributed by atoms with Crippen LogP contribution < -0.4 is 5.73 Å². The number of primary amides is 1. The van der Waals surface area contributed by atoms with Crippen LogP contribution in [-0.2, 0) is 25.7 Å². The molecular formula is C20H26N4O4. The van der Waals surface area contributed by atoms with Crippen molar-refractivity contribution >= 4 is 23.6 Å². The Kier molecular flexibility index (Phi) is 6.41. The van der Waals surface area contributed by atoms with E-state index in [2.05, 4.69) is 0 Å². The lowest BCUT2D eigenvalue weighted by Gasteiger charge is -2.40. The van der Waals surface area contributed by atoms with Gasteiger partial charge in [0, 0.05) is 52.0 Å². The fourth-order valence-electron chi connectivity index (χ4n) is 3.74. The molecule has 4 amide bonds. The molecule has 2 N–H and O–H groups in total. The summed E-state index contributed by atoms with van der Waals surface area (Å²) in [5.74, 6) is -1.06. The minimum absolute atomic E-state index is 0.0711. The van der Waals surface area contributed by atoms with Gasteiger partial charge >= 0.3 is 0 Å². The molecule has 0 aromatic heterocycles. The maximum Gasteiger partial charge on any atom is 0.236 e. The van der Waals surface area contributed by atoms with Gasteiger partial charge in [0.1, 0.15) is 6.04 Å². The zero-order valence-electron chi connectivity index (χ0n) is 15.9. The third-order valence-corrected chi connectivity index (χ3v) is 5.33. The molecule has 3 rings (SSSR count). The summed E-state index contributed by atoms with van der Waals surface area (Å²) in [7, 11) is 0. The molecule has 0 spiro atoms. The van der Waals surface area contributed by atoms with E-state index in [-0.39, 0.29) is 37.2 Å². The summed E-state index contributed by atoms with van der Waals surface area (Å²) in [5.41, 5.74) is 6.66. The molecule has 1 unspecified atom stereocenters. The number of imide groups is 1. The average Bonchev–Trinajstić information content (AvgIpc) is 2.68. The summed E-state index contributed by atoms with van der Waals surface area (Å²) >= 11 is 0. The number of rotatable bonds is 6. The first-order valence-corrected chi connectivity index (χ1v) is 9.64. The van der Waals surface area contributed by atoms with Crippen molar-refractivity contribution in [2.24, 2.45) is 5.73 Å². The molecule has 150 valence electrons. The van der Waals surface area contributed by atoms with Gasteiger partial charge in [0.2, 0.25) is 23.6 Å². The Morgan fingerprint density at radius 3 is 2.36 bits per heavy atom. The van der Waals surface area contributed by atoms with Crippen molar-refractivity contribution in [1.82, 2.24) is 14.7 Å². The van der Waals surface area contributed by atoms with Crippen LogP contribution in [0.1, 0.15) is 31.2 Å². The van der Waals surface area contributed by atoms with Crippen LogP contribution in [0.3, 0.4) is 0 Å². The minimum Gasteiger partial charge on any atom is -0.368 e. The van der Waals surface area contributed by atoms with E-state index >= 15 is 0 Å². The number of nitrogens with two attached hydrogens (primary N) is 1. The van der Waals surface area contributed by atoms with Crippen molar-refractivity contribution in [1.29, 1.82) is 0 Å². The van der Waals surface area contributed by atoms with Gasteiger partial charge in [-0.15, -0.1) is 0 Å². The maximum atomic E-state index is 12.6. The van der Waals surface area contributed by atoms with Crippen molar-refractivity contribution in [3.63, 3.8) is 0 Å². The lowest BCUT2D eigenvalue weighted by molar-refractivity contribution is -0.148. The molecule has 2 heterocycles. The fraction of sp³-hybridized carbons (Fsp3) is 0.500. The molecule has 0 saturated carbocycles. The Morgan fingerprint density at radius 2 is 1.71 bits per heavy atom. The number of hydrogen-bond acceptors (Lipinski definition) is 5. The van der Waals surface area contributed by atoms with Gasteiger partial charge < -0.3 is 10.6 Å². The standard InChI is InChI=1S/C20H26N4O4/c21-20(28)16-14-23(12-11-22(16)13-15-5-2-1-3-6-15)17(25)9-10-24-18(26)7-4-8-19(24)27/h1-3,5-6,16H,4,7-14H2,(H2,21,28). The number of piperidine rings is 1. The topological polar surface area (TPSA) is 104 Å². The molecule has 1 aromatic carbocycles. The van der Waals surface area contributed by atoms with E-state index in [0.717, 1.165) is 5.56 Å². The van der Waals surface area contributed by atoms with E-state index in [1.807, 2.05) is 35.2 Å². The molecule has 28 heavy (non-hydrogen) atoms. The monoisotopic (exact) mass is 386 g/mol. The number of likely N-dealkylation sites (tertiary alicyclic amines) is 1. The highest BCUT2D eigenvalue weighted by Crippen LogP contribution is 2.16.